The number of hydrogen-bond donors (Lipinski definition) is 1. The normalized spacial score (nSPS) is 17.1. The van der Waals surface area contributed by atoms with Crippen molar-refractivity contribution in [3.63, 3.8) is 0 Å². The molecule has 21 heavy (non-hydrogen) atoms. The van der Waals surface area contributed by atoms with Crippen molar-refractivity contribution in [1.29, 1.82) is 0 Å². The first-order chi connectivity index (χ1) is 10.4. The van der Waals surface area contributed by atoms with Gasteiger partial charge in [-0.25, -0.2) is 0 Å². The Hall–Kier alpha value is -1.72. The molecule has 0 saturated carbocycles. The standard InChI is InChI=1S/C16H22N4O/c1-2-4-14(5-3-1)12-20-10-7-15(8-11-20)17-9-6-16-18-13-19-21-16/h1-5,13,15,17H,6-12H2. The van der Waals surface area contributed by atoms with Gasteiger partial charge < -0.3 is 9.84 Å². The van der Waals surface area contributed by atoms with E-state index < -0.39 is 0 Å². The van der Waals surface area contributed by atoms with Crippen LogP contribution < -0.4 is 5.32 Å². The Morgan fingerprint density at radius 3 is 2.71 bits per heavy atom. The maximum atomic E-state index is 5.00. The summed E-state index contributed by atoms with van der Waals surface area (Å²) in [6.45, 7) is 4.29. The molecule has 1 N–H and O–H groups in total. The van der Waals surface area contributed by atoms with Crippen LogP contribution >= 0.6 is 0 Å². The van der Waals surface area contributed by atoms with Gasteiger partial charge in [0, 0.05) is 25.6 Å². The molecule has 3 rings (SSSR count). The van der Waals surface area contributed by atoms with E-state index in [-0.39, 0.29) is 0 Å². The third-order valence-corrected chi connectivity index (χ3v) is 4.02. The van der Waals surface area contributed by atoms with Crippen LogP contribution in [-0.4, -0.2) is 40.7 Å². The zero-order chi connectivity index (χ0) is 14.3. The number of benzene rings is 1. The van der Waals surface area contributed by atoms with Gasteiger partial charge in [-0.05, 0) is 31.5 Å². The lowest BCUT2D eigenvalue weighted by Gasteiger charge is -2.32. The van der Waals surface area contributed by atoms with Crippen molar-refractivity contribution < 1.29 is 4.52 Å². The lowest BCUT2D eigenvalue weighted by atomic mass is 10.0. The summed E-state index contributed by atoms with van der Waals surface area (Å²) in [4.78, 5) is 6.57. The number of hydrogen-bond acceptors (Lipinski definition) is 5. The molecule has 1 aliphatic heterocycles. The predicted octanol–water partition coefficient (Wildman–Crippen LogP) is 1.87. The van der Waals surface area contributed by atoms with Crippen LogP contribution in [0.4, 0.5) is 0 Å². The van der Waals surface area contributed by atoms with Gasteiger partial charge in [0.1, 0.15) is 0 Å². The first-order valence-corrected chi connectivity index (χ1v) is 7.65. The number of nitrogens with zero attached hydrogens (tertiary/aromatic N) is 3. The second kappa shape index (κ2) is 7.33. The highest BCUT2D eigenvalue weighted by Gasteiger charge is 2.18. The Morgan fingerprint density at radius 2 is 2.00 bits per heavy atom. The third-order valence-electron chi connectivity index (χ3n) is 4.02. The number of nitrogens with one attached hydrogen (secondary N) is 1. The molecule has 1 aliphatic rings. The summed E-state index contributed by atoms with van der Waals surface area (Å²) in [5, 5.41) is 7.21. The summed E-state index contributed by atoms with van der Waals surface area (Å²) in [5.41, 5.74) is 1.40. The molecular weight excluding hydrogens is 264 g/mol. The fraction of sp³-hybridized carbons (Fsp3) is 0.500. The van der Waals surface area contributed by atoms with Crippen LogP contribution in [0, 0.1) is 0 Å². The van der Waals surface area contributed by atoms with E-state index in [9.17, 15) is 0 Å². The van der Waals surface area contributed by atoms with E-state index in [0.29, 0.717) is 11.9 Å². The lowest BCUT2D eigenvalue weighted by Crippen LogP contribution is -2.42. The molecule has 0 radical (unpaired) electrons. The molecule has 1 aromatic heterocycles. The molecule has 0 aliphatic carbocycles. The number of piperidine rings is 1. The van der Waals surface area contributed by atoms with Crippen molar-refractivity contribution in [3.05, 3.63) is 48.1 Å². The first-order valence-electron chi connectivity index (χ1n) is 7.65. The molecule has 0 spiro atoms. The SMILES string of the molecule is c1ccc(CN2CCC(NCCc3ncno3)CC2)cc1. The summed E-state index contributed by atoms with van der Waals surface area (Å²) in [5.74, 6) is 0.712. The van der Waals surface area contributed by atoms with Gasteiger partial charge >= 0.3 is 0 Å². The van der Waals surface area contributed by atoms with E-state index >= 15 is 0 Å². The van der Waals surface area contributed by atoms with Gasteiger partial charge in [0.2, 0.25) is 5.89 Å². The van der Waals surface area contributed by atoms with Crippen LogP contribution in [0.15, 0.2) is 41.2 Å². The molecule has 1 aromatic carbocycles. The fourth-order valence-electron chi connectivity index (χ4n) is 2.83. The van der Waals surface area contributed by atoms with Crippen LogP contribution in [0.1, 0.15) is 24.3 Å². The van der Waals surface area contributed by atoms with Crippen molar-refractivity contribution in [2.45, 2.75) is 31.8 Å². The third kappa shape index (κ3) is 4.37. The summed E-state index contributed by atoms with van der Waals surface area (Å²) in [6.07, 6.45) is 4.68. The summed E-state index contributed by atoms with van der Waals surface area (Å²) in [7, 11) is 0. The van der Waals surface area contributed by atoms with E-state index in [1.54, 1.807) is 0 Å². The average molecular weight is 286 g/mol. The van der Waals surface area contributed by atoms with E-state index in [1.807, 2.05) is 0 Å². The minimum absolute atomic E-state index is 0.611. The number of likely N-dealkylation sites (tertiary alicyclic amines) is 1. The quantitative estimate of drug-likeness (QED) is 0.878. The van der Waals surface area contributed by atoms with Crippen LogP contribution in [-0.2, 0) is 13.0 Å². The molecule has 0 bridgehead atoms. The van der Waals surface area contributed by atoms with Crippen molar-refractivity contribution in [3.8, 4) is 0 Å². The van der Waals surface area contributed by atoms with Crippen LogP contribution in [0.5, 0.6) is 0 Å². The lowest BCUT2D eigenvalue weighted by molar-refractivity contribution is 0.190. The van der Waals surface area contributed by atoms with E-state index in [0.717, 1.165) is 32.6 Å². The van der Waals surface area contributed by atoms with Gasteiger partial charge in [0.25, 0.3) is 0 Å². The molecule has 5 heteroatoms. The monoisotopic (exact) mass is 286 g/mol. The maximum absolute atomic E-state index is 5.00. The number of aromatic nitrogens is 2. The largest absolute Gasteiger partial charge is 0.340 e. The summed E-state index contributed by atoms with van der Waals surface area (Å²) < 4.78 is 5.00. The minimum Gasteiger partial charge on any atom is -0.340 e. The molecule has 1 saturated heterocycles. The highest BCUT2D eigenvalue weighted by atomic mass is 16.5. The Bertz CT molecular complexity index is 506. The fourth-order valence-corrected chi connectivity index (χ4v) is 2.83. The molecule has 0 atom stereocenters. The maximum Gasteiger partial charge on any atom is 0.227 e. The van der Waals surface area contributed by atoms with Crippen molar-refractivity contribution in [1.82, 2.24) is 20.4 Å². The van der Waals surface area contributed by atoms with E-state index in [2.05, 4.69) is 50.7 Å². The van der Waals surface area contributed by atoms with Gasteiger partial charge in [0.05, 0.1) is 0 Å². The van der Waals surface area contributed by atoms with Crippen molar-refractivity contribution >= 4 is 0 Å². The van der Waals surface area contributed by atoms with E-state index in [1.165, 1.54) is 24.7 Å². The Balaban J connectivity index is 1.35. The Labute approximate surface area is 125 Å². The van der Waals surface area contributed by atoms with Crippen molar-refractivity contribution in [2.75, 3.05) is 19.6 Å². The zero-order valence-electron chi connectivity index (χ0n) is 12.2. The molecule has 1 fully saturated rings. The summed E-state index contributed by atoms with van der Waals surface area (Å²) in [6, 6.07) is 11.3. The summed E-state index contributed by atoms with van der Waals surface area (Å²) >= 11 is 0. The minimum atomic E-state index is 0.611. The molecule has 0 unspecified atom stereocenters. The zero-order valence-corrected chi connectivity index (χ0v) is 12.2. The topological polar surface area (TPSA) is 54.2 Å². The van der Waals surface area contributed by atoms with Crippen LogP contribution in [0.2, 0.25) is 0 Å². The smallest absolute Gasteiger partial charge is 0.227 e. The van der Waals surface area contributed by atoms with Crippen LogP contribution in [0.3, 0.4) is 0 Å². The van der Waals surface area contributed by atoms with Gasteiger partial charge in [-0.2, -0.15) is 4.98 Å². The molecule has 112 valence electrons. The number of rotatable bonds is 6. The average Bonchev–Trinajstić information content (AvgIpc) is 3.03. The second-order valence-electron chi connectivity index (χ2n) is 5.58. The first kappa shape index (κ1) is 14.2. The van der Waals surface area contributed by atoms with Gasteiger partial charge in [-0.15, -0.1) is 0 Å². The molecule has 2 aromatic rings. The van der Waals surface area contributed by atoms with E-state index in [4.69, 9.17) is 4.52 Å². The molecular formula is C16H22N4O. The Kier molecular flexibility index (Phi) is 4.97. The Morgan fingerprint density at radius 1 is 1.19 bits per heavy atom. The second-order valence-corrected chi connectivity index (χ2v) is 5.58. The van der Waals surface area contributed by atoms with Gasteiger partial charge in [-0.3, -0.25) is 4.90 Å². The molecule has 5 nitrogen and oxygen atoms in total. The van der Waals surface area contributed by atoms with Crippen molar-refractivity contribution in [2.24, 2.45) is 0 Å². The highest BCUT2D eigenvalue weighted by molar-refractivity contribution is 5.14. The molecule has 2 heterocycles. The van der Waals surface area contributed by atoms with Gasteiger partial charge in [0.15, 0.2) is 6.33 Å². The van der Waals surface area contributed by atoms with Crippen LogP contribution in [0.25, 0.3) is 0 Å². The highest BCUT2D eigenvalue weighted by Crippen LogP contribution is 2.13. The predicted molar refractivity (Wildman–Crippen MR) is 80.7 cm³/mol. The molecule has 0 amide bonds. The van der Waals surface area contributed by atoms with Gasteiger partial charge in [-0.1, -0.05) is 35.5 Å².